The molecule has 5 rings (SSSR count). The van der Waals surface area contributed by atoms with Gasteiger partial charge >= 0.3 is 6.18 Å². The highest BCUT2D eigenvalue weighted by molar-refractivity contribution is 6.05. The van der Waals surface area contributed by atoms with Crippen molar-refractivity contribution in [1.29, 1.82) is 0 Å². The molecule has 0 atom stereocenters. The molecule has 2 aliphatic rings. The number of alkyl halides is 3. The summed E-state index contributed by atoms with van der Waals surface area (Å²) < 4.78 is 39.3. The fourth-order valence-electron chi connectivity index (χ4n) is 5.36. The molecule has 3 N–H and O–H groups in total. The summed E-state index contributed by atoms with van der Waals surface area (Å²) in [6.07, 6.45) is -1.34. The first-order valence-corrected chi connectivity index (χ1v) is 13.1. The Morgan fingerprint density at radius 3 is 2.42 bits per heavy atom. The zero-order valence-corrected chi connectivity index (χ0v) is 21.4. The number of halogens is 3. The van der Waals surface area contributed by atoms with Crippen LogP contribution < -0.4 is 5.32 Å². The summed E-state index contributed by atoms with van der Waals surface area (Å²) in [5.74, 6) is -1.28. The van der Waals surface area contributed by atoms with Crippen LogP contribution in [0.5, 0.6) is 0 Å². The second-order valence-electron chi connectivity index (χ2n) is 10.5. The molecule has 0 spiro atoms. The molecular formula is C26H32F3N7O2. The highest BCUT2D eigenvalue weighted by Crippen LogP contribution is 2.30. The molecule has 0 aliphatic carbocycles. The third-order valence-corrected chi connectivity index (χ3v) is 7.60. The van der Waals surface area contributed by atoms with Crippen LogP contribution >= 0.6 is 0 Å². The number of amides is 2. The number of carbonyl (C=O) groups is 2. The summed E-state index contributed by atoms with van der Waals surface area (Å²) in [5.41, 5.74) is 1.77. The molecule has 0 bridgehead atoms. The molecule has 0 saturated carbocycles. The average molecular weight is 532 g/mol. The fraction of sp³-hybridized carbons (Fsp3) is 0.538. The number of benzene rings is 1. The molecule has 38 heavy (non-hydrogen) atoms. The van der Waals surface area contributed by atoms with Crippen molar-refractivity contribution in [1.82, 2.24) is 35.3 Å². The van der Waals surface area contributed by atoms with Gasteiger partial charge in [0.15, 0.2) is 0 Å². The molecule has 2 aliphatic heterocycles. The predicted molar refractivity (Wildman–Crippen MR) is 135 cm³/mol. The molecule has 12 heteroatoms. The number of likely N-dealkylation sites (tertiary alicyclic amines) is 2. The van der Waals surface area contributed by atoms with E-state index in [9.17, 15) is 22.8 Å². The zero-order chi connectivity index (χ0) is 27.0. The molecule has 9 nitrogen and oxygen atoms in total. The number of para-hydroxylation sites is 1. The number of piperidine rings is 2. The van der Waals surface area contributed by atoms with Gasteiger partial charge in [-0.05, 0) is 49.8 Å². The summed E-state index contributed by atoms with van der Waals surface area (Å²) in [6.45, 7) is 6.85. The van der Waals surface area contributed by atoms with Crippen LogP contribution in [0.2, 0.25) is 0 Å². The van der Waals surface area contributed by atoms with Gasteiger partial charge in [0.25, 0.3) is 11.8 Å². The largest absolute Gasteiger partial charge is 0.449 e. The fourth-order valence-corrected chi connectivity index (χ4v) is 5.36. The number of aromatic amines is 2. The van der Waals surface area contributed by atoms with Crippen LogP contribution in [0.15, 0.2) is 24.3 Å². The lowest BCUT2D eigenvalue weighted by Gasteiger charge is -2.41. The molecular weight excluding hydrogens is 499 g/mol. The van der Waals surface area contributed by atoms with Crippen LogP contribution in [0.1, 0.15) is 77.8 Å². The molecule has 2 amide bonds. The number of aromatic nitrogens is 4. The van der Waals surface area contributed by atoms with Gasteiger partial charge in [-0.25, -0.2) is 4.98 Å². The van der Waals surface area contributed by atoms with Gasteiger partial charge < -0.3 is 20.1 Å². The van der Waals surface area contributed by atoms with E-state index >= 15 is 0 Å². The van der Waals surface area contributed by atoms with E-state index in [0.29, 0.717) is 24.8 Å². The predicted octanol–water partition coefficient (Wildman–Crippen LogP) is 3.93. The molecule has 0 unspecified atom stereocenters. The minimum absolute atomic E-state index is 0.0475. The highest BCUT2D eigenvalue weighted by atomic mass is 19.4. The Kier molecular flexibility index (Phi) is 7.17. The van der Waals surface area contributed by atoms with E-state index in [1.54, 1.807) is 17.0 Å². The van der Waals surface area contributed by atoms with Gasteiger partial charge in [0.1, 0.15) is 11.2 Å². The first-order valence-electron chi connectivity index (χ1n) is 13.1. The number of H-pyrrole nitrogens is 2. The van der Waals surface area contributed by atoms with Crippen LogP contribution in [-0.4, -0.2) is 80.0 Å². The quantitative estimate of drug-likeness (QED) is 0.462. The molecule has 2 saturated heterocycles. The molecule has 0 radical (unpaired) electrons. The van der Waals surface area contributed by atoms with Gasteiger partial charge in [-0.3, -0.25) is 14.7 Å². The third-order valence-electron chi connectivity index (χ3n) is 7.60. The maximum Gasteiger partial charge on any atom is 0.449 e. The van der Waals surface area contributed by atoms with Crippen LogP contribution in [0, 0.1) is 0 Å². The summed E-state index contributed by atoms with van der Waals surface area (Å²) in [6, 6.07) is 6.81. The Hall–Kier alpha value is -3.41. The van der Waals surface area contributed by atoms with Crippen LogP contribution in [0.4, 0.5) is 13.2 Å². The van der Waals surface area contributed by atoms with Gasteiger partial charge in [0, 0.05) is 44.0 Å². The van der Waals surface area contributed by atoms with E-state index in [2.05, 4.69) is 30.4 Å². The monoisotopic (exact) mass is 531 g/mol. The lowest BCUT2D eigenvalue weighted by molar-refractivity contribution is -0.144. The first-order chi connectivity index (χ1) is 18.1. The van der Waals surface area contributed by atoms with Gasteiger partial charge in [-0.1, -0.05) is 19.9 Å². The van der Waals surface area contributed by atoms with Crippen molar-refractivity contribution in [3.05, 3.63) is 47.0 Å². The minimum Gasteiger partial charge on any atom is -0.348 e. The van der Waals surface area contributed by atoms with Crippen molar-refractivity contribution in [2.75, 3.05) is 26.2 Å². The number of nitrogens with one attached hydrogen (secondary N) is 3. The third kappa shape index (κ3) is 5.40. The number of fused-ring (bicyclic) bond motifs is 1. The van der Waals surface area contributed by atoms with Crippen molar-refractivity contribution in [3.63, 3.8) is 0 Å². The molecule has 204 valence electrons. The Bertz CT molecular complexity index is 1300. The van der Waals surface area contributed by atoms with E-state index in [-0.39, 0.29) is 40.4 Å². The number of nitrogens with zero attached hydrogens (tertiary/aromatic N) is 4. The first kappa shape index (κ1) is 26.2. The lowest BCUT2D eigenvalue weighted by atomic mass is 9.97. The zero-order valence-electron chi connectivity index (χ0n) is 21.4. The summed E-state index contributed by atoms with van der Waals surface area (Å²) in [4.78, 5) is 35.8. The number of imidazole rings is 1. The number of carbonyl (C=O) groups excluding carboxylic acids is 2. The molecule has 2 fully saturated rings. The van der Waals surface area contributed by atoms with E-state index < -0.39 is 12.0 Å². The topological polar surface area (TPSA) is 110 Å². The van der Waals surface area contributed by atoms with E-state index in [1.807, 2.05) is 13.8 Å². The van der Waals surface area contributed by atoms with Gasteiger partial charge in [-0.2, -0.15) is 18.3 Å². The maximum absolute atomic E-state index is 13.2. The lowest BCUT2D eigenvalue weighted by Crippen LogP contribution is -2.51. The average Bonchev–Trinajstić information content (AvgIpc) is 3.57. The van der Waals surface area contributed by atoms with Crippen LogP contribution in [0.25, 0.3) is 11.0 Å². The van der Waals surface area contributed by atoms with Crippen molar-refractivity contribution in [2.24, 2.45) is 0 Å². The molecule has 2 aromatic heterocycles. The summed E-state index contributed by atoms with van der Waals surface area (Å²) in [7, 11) is 0. The Balaban J connectivity index is 1.13. The van der Waals surface area contributed by atoms with Gasteiger partial charge in [-0.15, -0.1) is 0 Å². The second-order valence-corrected chi connectivity index (χ2v) is 10.5. The second kappa shape index (κ2) is 10.4. The Morgan fingerprint density at radius 1 is 1.08 bits per heavy atom. The molecule has 4 heterocycles. The SMILES string of the molecule is CC(C)c1cc(C(=O)NC2CCN(C3CCN(C(=O)c4cccc5[nH]c(C(F)(F)F)nc45)CC3)CC2)n[nH]1. The van der Waals surface area contributed by atoms with Crippen LogP contribution in [0.3, 0.4) is 0 Å². The Morgan fingerprint density at radius 2 is 1.79 bits per heavy atom. The summed E-state index contributed by atoms with van der Waals surface area (Å²) in [5, 5.41) is 10.1. The normalized spacial score (nSPS) is 18.4. The smallest absolute Gasteiger partial charge is 0.348 e. The Labute approximate surface area is 218 Å². The van der Waals surface area contributed by atoms with Crippen LogP contribution in [-0.2, 0) is 6.18 Å². The van der Waals surface area contributed by atoms with E-state index in [4.69, 9.17) is 0 Å². The number of hydrogen-bond acceptors (Lipinski definition) is 5. The standard InChI is InChI=1S/C26H32F3N7O2/c1-15(2)20-14-21(34-33-20)23(37)30-16-6-10-35(11-7-16)17-8-12-36(13-9-17)24(38)18-4-3-5-19-22(18)32-25(31-19)26(27,28)29/h3-5,14-17H,6-13H2,1-2H3,(H,30,37)(H,31,32)(H,33,34). The van der Waals surface area contributed by atoms with Gasteiger partial charge in [0.2, 0.25) is 5.82 Å². The molecule has 1 aromatic carbocycles. The number of rotatable bonds is 5. The molecule has 3 aromatic rings. The minimum atomic E-state index is -4.61. The van der Waals surface area contributed by atoms with Crippen molar-refractivity contribution >= 4 is 22.8 Å². The van der Waals surface area contributed by atoms with Crippen molar-refractivity contribution in [2.45, 2.75) is 63.7 Å². The summed E-state index contributed by atoms with van der Waals surface area (Å²) >= 11 is 0. The van der Waals surface area contributed by atoms with E-state index in [1.165, 1.54) is 12.1 Å². The number of hydrogen-bond donors (Lipinski definition) is 3. The van der Waals surface area contributed by atoms with Gasteiger partial charge in [0.05, 0.1) is 11.1 Å². The van der Waals surface area contributed by atoms with Crippen molar-refractivity contribution in [3.8, 4) is 0 Å². The maximum atomic E-state index is 13.2. The van der Waals surface area contributed by atoms with E-state index in [0.717, 1.165) is 44.5 Å². The van der Waals surface area contributed by atoms with Crippen molar-refractivity contribution < 1.29 is 22.8 Å². The highest BCUT2D eigenvalue weighted by Gasteiger charge is 2.36.